The van der Waals surface area contributed by atoms with Crippen molar-refractivity contribution < 1.29 is 13.9 Å². The highest BCUT2D eigenvalue weighted by Crippen LogP contribution is 2.37. The minimum Gasteiger partial charge on any atom is -0.380 e. The zero-order valence-corrected chi connectivity index (χ0v) is 13.9. The van der Waals surface area contributed by atoms with Crippen molar-refractivity contribution in [2.45, 2.75) is 19.0 Å². The molecule has 3 saturated heterocycles. The van der Waals surface area contributed by atoms with Gasteiger partial charge in [-0.15, -0.1) is 0 Å². The molecule has 0 aromatic heterocycles. The molecule has 0 bridgehead atoms. The number of carbonyl (C=O) groups is 1. The molecule has 0 spiro atoms. The van der Waals surface area contributed by atoms with Gasteiger partial charge in [0.15, 0.2) is 0 Å². The number of carbonyl (C=O) groups excluding carboxylic acids is 1. The van der Waals surface area contributed by atoms with Crippen LogP contribution in [0, 0.1) is 17.8 Å². The van der Waals surface area contributed by atoms with Crippen molar-refractivity contribution in [2.75, 3.05) is 44.3 Å². The minimum absolute atomic E-state index is 0.0753. The van der Waals surface area contributed by atoms with E-state index in [9.17, 15) is 9.18 Å². The third kappa shape index (κ3) is 3.02. The number of ether oxygens (including phenoxy) is 1. The molecule has 130 valence electrons. The third-order valence-electron chi connectivity index (χ3n) is 5.81. The molecular weight excluding hydrogens is 307 g/mol. The van der Waals surface area contributed by atoms with E-state index in [4.69, 9.17) is 4.74 Å². The summed E-state index contributed by atoms with van der Waals surface area (Å²) in [5.41, 5.74) is 1.22. The van der Waals surface area contributed by atoms with Crippen LogP contribution in [0.1, 0.15) is 12.8 Å². The summed E-state index contributed by atoms with van der Waals surface area (Å²) in [5.74, 6) is 0.848. The number of alkyl halides is 1. The predicted molar refractivity (Wildman–Crippen MR) is 90.7 cm³/mol. The highest BCUT2D eigenvalue weighted by Gasteiger charge is 2.45. The van der Waals surface area contributed by atoms with Crippen LogP contribution >= 0.6 is 0 Å². The van der Waals surface area contributed by atoms with Gasteiger partial charge < -0.3 is 14.5 Å². The van der Waals surface area contributed by atoms with Crippen LogP contribution in [0.4, 0.5) is 10.1 Å². The molecular formula is C19H25FN2O2. The highest BCUT2D eigenvalue weighted by atomic mass is 19.1. The van der Waals surface area contributed by atoms with Gasteiger partial charge in [0, 0.05) is 37.8 Å². The van der Waals surface area contributed by atoms with E-state index in [1.165, 1.54) is 5.69 Å². The van der Waals surface area contributed by atoms with Crippen LogP contribution in [-0.2, 0) is 9.53 Å². The summed E-state index contributed by atoms with van der Waals surface area (Å²) >= 11 is 0. The molecule has 0 unspecified atom stereocenters. The fraction of sp³-hybridized carbons (Fsp3) is 0.632. The number of fused-ring (bicyclic) bond motifs is 1. The number of likely N-dealkylation sites (tertiary alicyclic amines) is 1. The molecule has 0 aliphatic carbocycles. The van der Waals surface area contributed by atoms with E-state index < -0.39 is 6.17 Å². The molecule has 1 aromatic rings. The van der Waals surface area contributed by atoms with E-state index in [0.29, 0.717) is 44.4 Å². The largest absolute Gasteiger partial charge is 0.380 e. The topological polar surface area (TPSA) is 32.8 Å². The Labute approximate surface area is 142 Å². The smallest absolute Gasteiger partial charge is 0.228 e. The number of rotatable bonds is 2. The van der Waals surface area contributed by atoms with Crippen LogP contribution in [0.5, 0.6) is 0 Å². The van der Waals surface area contributed by atoms with Gasteiger partial charge in [0.05, 0.1) is 19.1 Å². The van der Waals surface area contributed by atoms with Gasteiger partial charge in [-0.3, -0.25) is 4.79 Å². The molecule has 4 rings (SSSR count). The molecule has 3 aliphatic rings. The SMILES string of the molecule is O=C([C@@H]1COC[C@H]2CN(c3ccccc3)C[C@H]21)N1CCC(F)CC1. The van der Waals surface area contributed by atoms with Gasteiger partial charge >= 0.3 is 0 Å². The molecule has 1 aromatic carbocycles. The molecule has 0 saturated carbocycles. The number of halogens is 1. The molecule has 5 heteroatoms. The molecule has 0 N–H and O–H groups in total. The third-order valence-corrected chi connectivity index (χ3v) is 5.81. The summed E-state index contributed by atoms with van der Waals surface area (Å²) in [6, 6.07) is 10.4. The number of nitrogens with zero attached hydrogens (tertiary/aromatic N) is 2. The lowest BCUT2D eigenvalue weighted by Crippen LogP contribution is -2.48. The van der Waals surface area contributed by atoms with Gasteiger partial charge in [-0.25, -0.2) is 4.39 Å². The second-order valence-corrected chi connectivity index (χ2v) is 7.31. The van der Waals surface area contributed by atoms with E-state index in [1.54, 1.807) is 0 Å². The van der Waals surface area contributed by atoms with Crippen molar-refractivity contribution in [3.63, 3.8) is 0 Å². The Kier molecular flexibility index (Phi) is 4.44. The fourth-order valence-electron chi connectivity index (χ4n) is 4.41. The number of anilines is 1. The number of amides is 1. The van der Waals surface area contributed by atoms with E-state index in [0.717, 1.165) is 19.7 Å². The Hall–Kier alpha value is -1.62. The number of hydrogen-bond acceptors (Lipinski definition) is 3. The van der Waals surface area contributed by atoms with Crippen LogP contribution in [0.3, 0.4) is 0 Å². The summed E-state index contributed by atoms with van der Waals surface area (Å²) < 4.78 is 19.1. The van der Waals surface area contributed by atoms with Crippen LogP contribution < -0.4 is 4.90 Å². The number of para-hydroxylation sites is 1. The van der Waals surface area contributed by atoms with Crippen molar-refractivity contribution in [3.05, 3.63) is 30.3 Å². The molecule has 3 heterocycles. The van der Waals surface area contributed by atoms with E-state index in [2.05, 4.69) is 29.2 Å². The molecule has 1 amide bonds. The molecule has 0 radical (unpaired) electrons. The van der Waals surface area contributed by atoms with Gasteiger partial charge in [0.25, 0.3) is 0 Å². The highest BCUT2D eigenvalue weighted by molar-refractivity contribution is 5.80. The van der Waals surface area contributed by atoms with Crippen molar-refractivity contribution in [1.29, 1.82) is 0 Å². The van der Waals surface area contributed by atoms with Crippen LogP contribution in [-0.4, -0.2) is 56.4 Å². The van der Waals surface area contributed by atoms with Crippen LogP contribution in [0.15, 0.2) is 30.3 Å². The number of hydrogen-bond donors (Lipinski definition) is 0. The quantitative estimate of drug-likeness (QED) is 0.833. The van der Waals surface area contributed by atoms with E-state index in [1.807, 2.05) is 11.0 Å². The number of piperidine rings is 1. The molecule has 3 atom stereocenters. The van der Waals surface area contributed by atoms with Crippen molar-refractivity contribution in [2.24, 2.45) is 17.8 Å². The first-order chi connectivity index (χ1) is 11.7. The lowest BCUT2D eigenvalue weighted by Gasteiger charge is -2.37. The van der Waals surface area contributed by atoms with Gasteiger partial charge in [0.1, 0.15) is 6.17 Å². The van der Waals surface area contributed by atoms with Gasteiger partial charge in [0.2, 0.25) is 5.91 Å². The number of benzene rings is 1. The van der Waals surface area contributed by atoms with Crippen molar-refractivity contribution >= 4 is 11.6 Å². The lowest BCUT2D eigenvalue weighted by molar-refractivity contribution is -0.145. The maximum absolute atomic E-state index is 13.3. The first-order valence-electron chi connectivity index (χ1n) is 9.03. The Balaban J connectivity index is 1.46. The first kappa shape index (κ1) is 15.9. The molecule has 24 heavy (non-hydrogen) atoms. The lowest BCUT2D eigenvalue weighted by atomic mass is 9.81. The van der Waals surface area contributed by atoms with E-state index >= 15 is 0 Å². The standard InChI is InChI=1S/C19H25FN2O2/c20-15-6-8-21(9-7-15)19(23)18-13-24-12-14-10-22(11-17(14)18)16-4-2-1-3-5-16/h1-5,14-15,17-18H,6-13H2/t14-,17-,18-/m1/s1. The summed E-state index contributed by atoms with van der Waals surface area (Å²) in [4.78, 5) is 17.2. The van der Waals surface area contributed by atoms with Gasteiger partial charge in [-0.2, -0.15) is 0 Å². The van der Waals surface area contributed by atoms with E-state index in [-0.39, 0.29) is 11.8 Å². The van der Waals surface area contributed by atoms with Gasteiger partial charge in [-0.1, -0.05) is 18.2 Å². The first-order valence-corrected chi connectivity index (χ1v) is 9.03. The monoisotopic (exact) mass is 332 g/mol. The molecule has 3 fully saturated rings. The summed E-state index contributed by atoms with van der Waals surface area (Å²) in [6.45, 7) is 4.22. The molecule has 3 aliphatic heterocycles. The fourth-order valence-corrected chi connectivity index (χ4v) is 4.41. The van der Waals surface area contributed by atoms with Gasteiger partial charge in [-0.05, 0) is 30.9 Å². The second-order valence-electron chi connectivity index (χ2n) is 7.31. The zero-order chi connectivity index (χ0) is 16.5. The van der Waals surface area contributed by atoms with Crippen LogP contribution in [0.2, 0.25) is 0 Å². The average molecular weight is 332 g/mol. The van der Waals surface area contributed by atoms with Crippen molar-refractivity contribution in [3.8, 4) is 0 Å². The van der Waals surface area contributed by atoms with Crippen molar-refractivity contribution in [1.82, 2.24) is 4.90 Å². The summed E-state index contributed by atoms with van der Waals surface area (Å²) in [5, 5.41) is 0. The Morgan fingerprint density at radius 3 is 2.58 bits per heavy atom. The molecule has 4 nitrogen and oxygen atoms in total. The Morgan fingerprint density at radius 1 is 1.08 bits per heavy atom. The maximum Gasteiger partial charge on any atom is 0.228 e. The zero-order valence-electron chi connectivity index (χ0n) is 13.9. The predicted octanol–water partition coefficient (Wildman–Crippen LogP) is 2.35. The second kappa shape index (κ2) is 6.71. The summed E-state index contributed by atoms with van der Waals surface area (Å²) in [7, 11) is 0. The maximum atomic E-state index is 13.3. The average Bonchev–Trinajstić information content (AvgIpc) is 3.07. The van der Waals surface area contributed by atoms with Crippen LogP contribution in [0.25, 0.3) is 0 Å². The minimum atomic E-state index is -0.746. The summed E-state index contributed by atoms with van der Waals surface area (Å²) in [6.07, 6.45) is 0.206. The normalized spacial score (nSPS) is 31.1. The Bertz CT molecular complexity index is 574. The Morgan fingerprint density at radius 2 is 1.83 bits per heavy atom.